The Kier molecular flexibility index (Phi) is 3.30. The molecule has 2 heteroatoms. The van der Waals surface area contributed by atoms with E-state index in [1.165, 1.54) is 28.5 Å². The first kappa shape index (κ1) is 11.2. The summed E-state index contributed by atoms with van der Waals surface area (Å²) in [5.74, 6) is 0. The van der Waals surface area contributed by atoms with E-state index in [0.717, 1.165) is 19.5 Å². The second kappa shape index (κ2) is 4.71. The zero-order chi connectivity index (χ0) is 11.5. The average molecular weight is 216 g/mol. The number of hydrogen-bond donors (Lipinski definition) is 1. The van der Waals surface area contributed by atoms with Gasteiger partial charge in [-0.15, -0.1) is 0 Å². The highest BCUT2D eigenvalue weighted by Gasteiger charge is 2.07. The molecular formula is C14H20N2. The van der Waals surface area contributed by atoms with E-state index in [1.807, 2.05) is 0 Å². The van der Waals surface area contributed by atoms with Crippen LogP contribution < -0.4 is 5.73 Å². The summed E-state index contributed by atoms with van der Waals surface area (Å²) < 4.78 is 2.35. The molecule has 0 fully saturated rings. The molecule has 1 aromatic heterocycles. The fourth-order valence-corrected chi connectivity index (χ4v) is 2.27. The summed E-state index contributed by atoms with van der Waals surface area (Å²) in [6, 6.07) is 6.67. The second-order valence-electron chi connectivity index (χ2n) is 4.41. The minimum atomic E-state index is 0.721. The molecular weight excluding hydrogens is 196 g/mol. The van der Waals surface area contributed by atoms with E-state index >= 15 is 0 Å². The molecule has 0 saturated heterocycles. The third-order valence-corrected chi connectivity index (χ3v) is 3.00. The van der Waals surface area contributed by atoms with E-state index in [1.54, 1.807) is 0 Å². The van der Waals surface area contributed by atoms with Crippen molar-refractivity contribution in [1.82, 2.24) is 4.57 Å². The van der Waals surface area contributed by atoms with Crippen molar-refractivity contribution in [2.24, 2.45) is 5.73 Å². The van der Waals surface area contributed by atoms with Gasteiger partial charge in [-0.1, -0.05) is 18.6 Å². The number of fused-ring (bicyclic) bond motifs is 1. The summed E-state index contributed by atoms with van der Waals surface area (Å²) in [6.07, 6.45) is 4.40. The van der Waals surface area contributed by atoms with Gasteiger partial charge in [-0.2, -0.15) is 0 Å². The van der Waals surface area contributed by atoms with Crippen molar-refractivity contribution in [3.05, 3.63) is 35.5 Å². The highest BCUT2D eigenvalue weighted by atomic mass is 15.0. The van der Waals surface area contributed by atoms with Crippen LogP contribution in [0.3, 0.4) is 0 Å². The molecule has 0 spiro atoms. The van der Waals surface area contributed by atoms with Crippen LogP contribution in [0, 0.1) is 6.92 Å². The molecule has 0 aliphatic carbocycles. The molecule has 0 bridgehead atoms. The predicted octanol–water partition coefficient (Wildman–Crippen LogP) is 2.86. The Morgan fingerprint density at radius 2 is 2.12 bits per heavy atom. The molecule has 2 nitrogen and oxygen atoms in total. The van der Waals surface area contributed by atoms with E-state index in [0.29, 0.717) is 0 Å². The third kappa shape index (κ3) is 1.98. The Morgan fingerprint density at radius 1 is 1.31 bits per heavy atom. The van der Waals surface area contributed by atoms with Gasteiger partial charge >= 0.3 is 0 Å². The van der Waals surface area contributed by atoms with Crippen LogP contribution in [0.25, 0.3) is 10.9 Å². The van der Waals surface area contributed by atoms with Gasteiger partial charge in [0.15, 0.2) is 0 Å². The molecule has 0 atom stereocenters. The first-order valence-electron chi connectivity index (χ1n) is 6.04. The quantitative estimate of drug-likeness (QED) is 0.837. The Hall–Kier alpha value is -1.28. The highest BCUT2D eigenvalue weighted by molar-refractivity contribution is 5.84. The maximum atomic E-state index is 5.66. The standard InChI is InChI=1S/C14H20N2/c1-3-8-16-10-12(6-7-15)13-9-11(2)4-5-14(13)16/h4-5,9-10H,3,6-8,15H2,1-2H3. The summed E-state index contributed by atoms with van der Waals surface area (Å²) in [7, 11) is 0. The lowest BCUT2D eigenvalue weighted by Crippen LogP contribution is -2.02. The fraction of sp³-hybridized carbons (Fsp3) is 0.429. The molecule has 0 saturated carbocycles. The Balaban J connectivity index is 2.56. The van der Waals surface area contributed by atoms with Gasteiger partial charge in [0.2, 0.25) is 0 Å². The van der Waals surface area contributed by atoms with E-state index in [2.05, 4.69) is 42.8 Å². The smallest absolute Gasteiger partial charge is 0.0483 e. The van der Waals surface area contributed by atoms with Gasteiger partial charge in [-0.25, -0.2) is 0 Å². The number of benzene rings is 1. The van der Waals surface area contributed by atoms with Crippen molar-refractivity contribution in [3.63, 3.8) is 0 Å². The number of hydrogen-bond acceptors (Lipinski definition) is 1. The second-order valence-corrected chi connectivity index (χ2v) is 4.41. The maximum Gasteiger partial charge on any atom is 0.0483 e. The lowest BCUT2D eigenvalue weighted by molar-refractivity contribution is 0.700. The van der Waals surface area contributed by atoms with Crippen LogP contribution in [0.4, 0.5) is 0 Å². The Labute approximate surface area is 97.1 Å². The van der Waals surface area contributed by atoms with Crippen LogP contribution in [0.1, 0.15) is 24.5 Å². The number of aryl methyl sites for hydroxylation is 2. The monoisotopic (exact) mass is 216 g/mol. The van der Waals surface area contributed by atoms with Crippen LogP contribution in [-0.2, 0) is 13.0 Å². The van der Waals surface area contributed by atoms with E-state index in [4.69, 9.17) is 5.73 Å². The number of nitrogens with two attached hydrogens (primary N) is 1. The molecule has 0 aliphatic rings. The van der Waals surface area contributed by atoms with Crippen LogP contribution in [0.5, 0.6) is 0 Å². The van der Waals surface area contributed by atoms with Gasteiger partial charge < -0.3 is 10.3 Å². The van der Waals surface area contributed by atoms with E-state index in [9.17, 15) is 0 Å². The van der Waals surface area contributed by atoms with Crippen LogP contribution in [0.2, 0.25) is 0 Å². The largest absolute Gasteiger partial charge is 0.347 e. The summed E-state index contributed by atoms with van der Waals surface area (Å²) in [5.41, 5.74) is 9.71. The Morgan fingerprint density at radius 3 is 2.81 bits per heavy atom. The number of aromatic nitrogens is 1. The average Bonchev–Trinajstić information content (AvgIpc) is 2.58. The van der Waals surface area contributed by atoms with Crippen molar-refractivity contribution in [3.8, 4) is 0 Å². The van der Waals surface area contributed by atoms with Crippen molar-refractivity contribution in [1.29, 1.82) is 0 Å². The molecule has 2 N–H and O–H groups in total. The number of nitrogens with zero attached hydrogens (tertiary/aromatic N) is 1. The van der Waals surface area contributed by atoms with Crippen LogP contribution in [-0.4, -0.2) is 11.1 Å². The molecule has 2 aromatic rings. The maximum absolute atomic E-state index is 5.66. The normalized spacial score (nSPS) is 11.2. The SMILES string of the molecule is CCCn1cc(CCN)c2cc(C)ccc21. The summed E-state index contributed by atoms with van der Waals surface area (Å²) >= 11 is 0. The molecule has 0 amide bonds. The summed E-state index contributed by atoms with van der Waals surface area (Å²) in [6.45, 7) is 6.16. The summed E-state index contributed by atoms with van der Waals surface area (Å²) in [4.78, 5) is 0. The van der Waals surface area contributed by atoms with Gasteiger partial charge in [0.25, 0.3) is 0 Å². The first-order chi connectivity index (χ1) is 7.76. The molecule has 16 heavy (non-hydrogen) atoms. The lowest BCUT2D eigenvalue weighted by atomic mass is 10.1. The molecule has 2 rings (SSSR count). The van der Waals surface area contributed by atoms with Crippen molar-refractivity contribution < 1.29 is 0 Å². The topological polar surface area (TPSA) is 30.9 Å². The zero-order valence-corrected chi connectivity index (χ0v) is 10.2. The highest BCUT2D eigenvalue weighted by Crippen LogP contribution is 2.23. The van der Waals surface area contributed by atoms with Crippen molar-refractivity contribution in [2.75, 3.05) is 6.54 Å². The van der Waals surface area contributed by atoms with Crippen molar-refractivity contribution >= 4 is 10.9 Å². The van der Waals surface area contributed by atoms with Gasteiger partial charge in [0.05, 0.1) is 0 Å². The van der Waals surface area contributed by atoms with Gasteiger partial charge in [-0.3, -0.25) is 0 Å². The Bertz CT molecular complexity index is 483. The first-order valence-corrected chi connectivity index (χ1v) is 6.04. The van der Waals surface area contributed by atoms with Crippen molar-refractivity contribution in [2.45, 2.75) is 33.2 Å². The lowest BCUT2D eigenvalue weighted by Gasteiger charge is -2.02. The van der Waals surface area contributed by atoms with Gasteiger partial charge in [0.1, 0.15) is 0 Å². The minimum absolute atomic E-state index is 0.721. The van der Waals surface area contributed by atoms with Crippen LogP contribution >= 0.6 is 0 Å². The van der Waals surface area contributed by atoms with E-state index in [-0.39, 0.29) is 0 Å². The van der Waals surface area contributed by atoms with Gasteiger partial charge in [0, 0.05) is 23.6 Å². The molecule has 1 aromatic carbocycles. The predicted molar refractivity (Wildman–Crippen MR) is 69.7 cm³/mol. The molecule has 1 heterocycles. The number of rotatable bonds is 4. The zero-order valence-electron chi connectivity index (χ0n) is 10.2. The fourth-order valence-electron chi connectivity index (χ4n) is 2.27. The molecule has 0 unspecified atom stereocenters. The van der Waals surface area contributed by atoms with E-state index < -0.39 is 0 Å². The molecule has 0 radical (unpaired) electrons. The molecule has 0 aliphatic heterocycles. The van der Waals surface area contributed by atoms with Gasteiger partial charge in [-0.05, 0) is 44.0 Å². The molecule has 86 valence electrons. The minimum Gasteiger partial charge on any atom is -0.347 e. The van der Waals surface area contributed by atoms with Crippen LogP contribution in [0.15, 0.2) is 24.4 Å². The summed E-state index contributed by atoms with van der Waals surface area (Å²) in [5, 5.41) is 1.37. The third-order valence-electron chi connectivity index (χ3n) is 3.00.